The summed E-state index contributed by atoms with van der Waals surface area (Å²) in [5.41, 5.74) is 9.51. The first-order chi connectivity index (χ1) is 34.2. The molecule has 8 heterocycles. The van der Waals surface area contributed by atoms with Gasteiger partial charge in [-0.15, -0.1) is 0 Å². The minimum Gasteiger partial charge on any atom is -0.387 e. The van der Waals surface area contributed by atoms with E-state index >= 15 is 0 Å². The van der Waals surface area contributed by atoms with Gasteiger partial charge in [0.05, 0.1) is 38.8 Å². The van der Waals surface area contributed by atoms with Crippen LogP contribution in [0.5, 0.6) is 0 Å². The molecule has 73 heavy (non-hydrogen) atoms. The van der Waals surface area contributed by atoms with E-state index in [2.05, 4.69) is 33.5 Å². The van der Waals surface area contributed by atoms with Gasteiger partial charge < -0.3 is 65.3 Å². The maximum atomic E-state index is 13.6. The number of hydrogen-bond acceptors (Lipinski definition) is 26. The molecule has 0 radical (unpaired) electrons. The maximum Gasteiger partial charge on any atom is 0.488 e. The zero-order valence-corrected chi connectivity index (χ0v) is 42.1. The van der Waals surface area contributed by atoms with E-state index in [1.807, 2.05) is 4.98 Å². The number of aliphatic hydroxyl groups excluding tert-OH is 3. The number of nitrogens with zero attached hydrogens (tertiary/aromatic N) is 8. The summed E-state index contributed by atoms with van der Waals surface area (Å²) in [4.78, 5) is 99.8. The summed E-state index contributed by atoms with van der Waals surface area (Å²) in [5, 5.41) is 32.5. The van der Waals surface area contributed by atoms with Crippen LogP contribution >= 0.6 is 41.6 Å². The molecular weight excluding hydrogens is 1090 g/mol. The van der Waals surface area contributed by atoms with E-state index in [1.165, 1.54) is 33.4 Å². The molecule has 3 aliphatic heterocycles. The van der Waals surface area contributed by atoms with Crippen LogP contribution in [-0.4, -0.2) is 153 Å². The lowest BCUT2D eigenvalue weighted by atomic mass is 9.95. The number of methoxy groups -OCH3 is 1. The number of rotatable bonds is 20. The van der Waals surface area contributed by atoms with Gasteiger partial charge in [0, 0.05) is 31.0 Å². The Kier molecular flexibility index (Phi) is 15.9. The maximum absolute atomic E-state index is 13.6. The molecule has 8 rings (SSSR count). The highest BCUT2D eigenvalue weighted by Crippen LogP contribution is 2.72. The molecule has 0 aliphatic carbocycles. The Morgan fingerprint density at radius 1 is 0.836 bits per heavy atom. The summed E-state index contributed by atoms with van der Waals surface area (Å²) in [6.45, 7) is -5.70. The first-order valence-corrected chi connectivity index (χ1v) is 28.8. The average Bonchev–Trinajstić information content (AvgIpc) is 4.09. The Hall–Kier alpha value is -4.19. The lowest BCUT2D eigenvalue weighted by molar-refractivity contribution is -0.745. The minimum absolute atomic E-state index is 0.0241. The van der Waals surface area contributed by atoms with Crippen molar-refractivity contribution >= 4 is 75.7 Å². The zero-order chi connectivity index (χ0) is 53.1. The van der Waals surface area contributed by atoms with Gasteiger partial charge in [-0.2, -0.15) is 8.62 Å². The minimum atomic E-state index is -6.04. The van der Waals surface area contributed by atoms with Crippen LogP contribution in [0.3, 0.4) is 0 Å². The zero-order valence-electron chi connectivity index (χ0n) is 37.7. The topological polar surface area (TPSA) is 498 Å². The normalized spacial score (nSPS) is 30.9. The van der Waals surface area contributed by atoms with Gasteiger partial charge in [0.15, 0.2) is 30.2 Å². The molecule has 0 amide bonds. The van der Waals surface area contributed by atoms with Gasteiger partial charge in [0.25, 0.3) is 17.1 Å². The van der Waals surface area contributed by atoms with E-state index in [0.29, 0.717) is 0 Å². The van der Waals surface area contributed by atoms with Gasteiger partial charge in [0.2, 0.25) is 11.7 Å². The fourth-order valence-electron chi connectivity index (χ4n) is 8.38. The van der Waals surface area contributed by atoms with Crippen molar-refractivity contribution in [2.45, 2.75) is 80.9 Å². The Balaban J connectivity index is 0.935. The summed E-state index contributed by atoms with van der Waals surface area (Å²) >= 11 is -0.145. The molecule has 5 aromatic rings. The lowest BCUT2D eigenvalue weighted by Gasteiger charge is -2.26. The number of aromatic amines is 2. The predicted molar refractivity (Wildman–Crippen MR) is 242 cm³/mol. The van der Waals surface area contributed by atoms with E-state index in [0.717, 1.165) is 30.3 Å². The molecule has 4 unspecified atom stereocenters. The highest BCUT2D eigenvalue weighted by molar-refractivity contribution is 8.55. The number of nitrogens with two attached hydrogens (primary N) is 2. The van der Waals surface area contributed by atoms with Crippen molar-refractivity contribution in [3.8, 4) is 0 Å². The number of anilines is 2. The molecule has 3 aliphatic rings. The van der Waals surface area contributed by atoms with E-state index in [-0.39, 0.29) is 51.9 Å². The van der Waals surface area contributed by atoms with Crippen molar-refractivity contribution in [1.29, 1.82) is 0 Å². The summed E-state index contributed by atoms with van der Waals surface area (Å²) in [6.07, 6.45) is -12.1. The fraction of sp³-hybridized carbons (Fsp3) is 0.576. The third kappa shape index (κ3) is 11.6. The molecule has 3 fully saturated rings. The van der Waals surface area contributed by atoms with Crippen LogP contribution < -0.4 is 32.8 Å². The summed E-state index contributed by atoms with van der Waals surface area (Å²) in [7, 11) is -14.5. The Bertz CT molecular complexity index is 3250. The predicted octanol–water partition coefficient (Wildman–Crippen LogP) is -2.49. The monoisotopic (exact) mass is 1140 g/mol. The van der Waals surface area contributed by atoms with Crippen molar-refractivity contribution in [2.75, 3.05) is 37.5 Å². The SMILES string of the molecule is CC[C@H]1[C@@H](O)[C@H]([n+]2cn(C)c3c(=O)[nH]c(N)nc32)O[C@@H]1COP(=O)(O)OP(=O)(O)OP(=O)(O)SC[C@H]1O[C@@H](n2cnc3c(N)ncnc32)[C@H](OC)[C@@H]1OP(=O)(O)OC[C@H]1O[C@@H](n2ccc(=O)[nH]c2=O)[C@H](O)[C@@H]1O. The molecule has 0 bridgehead atoms. The average molecular weight is 1140 g/mol. The largest absolute Gasteiger partial charge is 0.488 e. The number of aromatic nitrogens is 10. The van der Waals surface area contributed by atoms with Crippen LogP contribution in [0.4, 0.5) is 11.8 Å². The number of imidazole rings is 2. The van der Waals surface area contributed by atoms with Crippen LogP contribution in [0.1, 0.15) is 32.0 Å². The number of nitrogen functional groups attached to an aromatic ring is 2. The Labute approximate surface area is 411 Å². The molecule has 3 saturated heterocycles. The number of phosphoric acid groups is 3. The number of phosphoric ester groups is 2. The number of ether oxygens (including phenoxy) is 4. The lowest BCUT2D eigenvalue weighted by Crippen LogP contribution is -2.45. The second kappa shape index (κ2) is 21.1. The molecule has 0 spiro atoms. The van der Waals surface area contributed by atoms with E-state index in [1.54, 1.807) is 6.92 Å². The standard InChI is InChI=1S/C33H46N12O23P4S/c1-4-13-14(63-29(20(13)47)45-12-42(2)19-27(45)40-32(35)41-28(19)50)7-62-70(54,55)67-71(56,57)68-72(58,59)73-9-16-23(24(60-3)31(65-16)44-11-38-18-25(34)36-10-37-26(18)44)66-69(52,53)61-8-15-21(48)22(49)30(64-15)43-6-5-17(46)39-33(43)51/h5-6,10-16,20-24,29-31,47-49H,4,7-9H2,1-3H3,(H9-,34,35,36,37,39,40,41,46,50,51,52,53,54,55,56,57,58,59)/p+1/t13-,14-,15-,16-,20-,21-,22-,23-,24-,29-,30-,31-/m1/s1. The summed E-state index contributed by atoms with van der Waals surface area (Å²) < 4.78 is 105. The first kappa shape index (κ1) is 55.1. The molecule has 16 atom stereocenters. The molecule has 35 nitrogen and oxygen atoms in total. The van der Waals surface area contributed by atoms with Crippen molar-refractivity contribution in [3.63, 3.8) is 0 Å². The quantitative estimate of drug-likeness (QED) is 0.0284. The van der Waals surface area contributed by atoms with Gasteiger partial charge in [-0.25, -0.2) is 42.6 Å². The molecule has 13 N–H and O–H groups in total. The van der Waals surface area contributed by atoms with Gasteiger partial charge in [-0.3, -0.25) is 46.8 Å². The molecule has 402 valence electrons. The van der Waals surface area contributed by atoms with Crippen LogP contribution in [0.25, 0.3) is 22.3 Å². The van der Waals surface area contributed by atoms with E-state index in [9.17, 15) is 67.5 Å². The molecule has 5 aromatic heterocycles. The Morgan fingerprint density at radius 3 is 2.23 bits per heavy atom. The second-order valence-electron chi connectivity index (χ2n) is 16.3. The third-order valence-electron chi connectivity index (χ3n) is 11.6. The van der Waals surface area contributed by atoms with E-state index in [4.69, 9.17) is 44.0 Å². The van der Waals surface area contributed by atoms with Gasteiger partial charge >= 0.3 is 41.6 Å². The highest BCUT2D eigenvalue weighted by Gasteiger charge is 2.53. The smallest absolute Gasteiger partial charge is 0.387 e. The van der Waals surface area contributed by atoms with Crippen molar-refractivity contribution in [3.05, 3.63) is 62.4 Å². The van der Waals surface area contributed by atoms with Gasteiger partial charge in [-0.05, 0) is 17.8 Å². The molecule has 0 aromatic carbocycles. The highest BCUT2D eigenvalue weighted by atomic mass is 32.7. The molecule has 40 heteroatoms. The fourth-order valence-corrected chi connectivity index (χ4v) is 15.3. The second-order valence-corrected chi connectivity index (χ2v) is 24.8. The van der Waals surface area contributed by atoms with Crippen LogP contribution in [-0.2, 0) is 66.4 Å². The molecular formula is C33H47N12O23P4S+. The summed E-state index contributed by atoms with van der Waals surface area (Å²) in [6, 6.07) is 0.936. The number of hydrogen-bond donors (Lipinski definition) is 11. The van der Waals surface area contributed by atoms with Crippen LogP contribution in [0.15, 0.2) is 45.6 Å². The number of H-pyrrole nitrogens is 2. The van der Waals surface area contributed by atoms with Crippen molar-refractivity contribution < 1.29 is 98.9 Å². The molecule has 0 saturated carbocycles. The first-order valence-electron chi connectivity index (χ1n) is 21.1. The number of nitrogens with one attached hydrogen (secondary N) is 2. The third-order valence-corrected chi connectivity index (χ3v) is 19.2. The van der Waals surface area contributed by atoms with Crippen LogP contribution in [0.2, 0.25) is 0 Å². The Morgan fingerprint density at radius 2 is 1.53 bits per heavy atom. The van der Waals surface area contributed by atoms with Crippen molar-refractivity contribution in [1.82, 2.24) is 43.6 Å². The summed E-state index contributed by atoms with van der Waals surface area (Å²) in [5.74, 6) is -1.94. The number of fused-ring (bicyclic) bond motifs is 2. The van der Waals surface area contributed by atoms with E-state index < -0.39 is 139 Å². The van der Waals surface area contributed by atoms with Crippen LogP contribution in [0, 0.1) is 5.92 Å². The number of aryl methyl sites for hydroxylation is 1. The van der Waals surface area contributed by atoms with Crippen molar-refractivity contribution in [2.24, 2.45) is 13.0 Å². The van der Waals surface area contributed by atoms with Gasteiger partial charge in [-0.1, -0.05) is 11.9 Å². The van der Waals surface area contributed by atoms with Gasteiger partial charge in [0.1, 0.15) is 48.5 Å². The number of aliphatic hydroxyl groups is 3.